The first-order chi connectivity index (χ1) is 9.47. The van der Waals surface area contributed by atoms with Gasteiger partial charge in [0.1, 0.15) is 0 Å². The number of rotatable bonds is 3. The van der Waals surface area contributed by atoms with E-state index in [2.05, 4.69) is 15.3 Å². The lowest BCUT2D eigenvalue weighted by molar-refractivity contribution is 0.102. The third-order valence-electron chi connectivity index (χ3n) is 2.51. The molecule has 2 rings (SSSR count). The van der Waals surface area contributed by atoms with E-state index in [1.54, 1.807) is 19.1 Å². The van der Waals surface area contributed by atoms with Crippen LogP contribution in [0.3, 0.4) is 0 Å². The van der Waals surface area contributed by atoms with Crippen LogP contribution in [0.15, 0.2) is 24.3 Å². The molecule has 0 radical (unpaired) electrons. The molecule has 1 heterocycles. The van der Waals surface area contributed by atoms with Gasteiger partial charge in [0.15, 0.2) is 0 Å². The number of carbonyl (C=O) groups excluding carboxylic acids is 1. The van der Waals surface area contributed by atoms with Crippen molar-refractivity contribution in [2.75, 3.05) is 23.9 Å². The summed E-state index contributed by atoms with van der Waals surface area (Å²) in [4.78, 5) is 20.2. The Hall–Kier alpha value is -2.83. The largest absolute Gasteiger partial charge is 0.481 e. The molecule has 0 saturated carbocycles. The fourth-order valence-corrected chi connectivity index (χ4v) is 1.68. The van der Waals surface area contributed by atoms with Gasteiger partial charge >= 0.3 is 0 Å². The van der Waals surface area contributed by atoms with E-state index < -0.39 is 5.91 Å². The highest BCUT2D eigenvalue weighted by atomic mass is 16.5. The molecule has 7 heteroatoms. The Labute approximate surface area is 116 Å². The number of benzene rings is 1. The zero-order valence-electron chi connectivity index (χ0n) is 11.2. The number of methoxy groups -OCH3 is 1. The van der Waals surface area contributed by atoms with Crippen LogP contribution in [-0.2, 0) is 0 Å². The zero-order valence-corrected chi connectivity index (χ0v) is 11.2. The molecule has 0 bridgehead atoms. The Kier molecular flexibility index (Phi) is 3.69. The van der Waals surface area contributed by atoms with Crippen LogP contribution in [0.4, 0.5) is 17.3 Å². The fourth-order valence-electron chi connectivity index (χ4n) is 1.68. The molecule has 0 atom stereocenters. The summed E-state index contributed by atoms with van der Waals surface area (Å²) in [7, 11) is 1.49. The number of carbonyl (C=O) groups is 1. The van der Waals surface area contributed by atoms with Gasteiger partial charge in [0.2, 0.25) is 11.8 Å². The van der Waals surface area contributed by atoms with E-state index >= 15 is 0 Å². The molecule has 0 aliphatic rings. The normalized spacial score (nSPS) is 10.1. The molecule has 1 aromatic carbocycles. The van der Waals surface area contributed by atoms with Crippen molar-refractivity contribution in [1.29, 1.82) is 0 Å². The number of nitrogen functional groups attached to an aromatic ring is 2. The summed E-state index contributed by atoms with van der Waals surface area (Å²) in [5.74, 6) is 0.143. The van der Waals surface area contributed by atoms with Gasteiger partial charge in [-0.25, -0.2) is 4.98 Å². The van der Waals surface area contributed by atoms with Crippen LogP contribution in [0.25, 0.3) is 0 Å². The lowest BCUT2D eigenvalue weighted by Gasteiger charge is -2.07. The van der Waals surface area contributed by atoms with Gasteiger partial charge in [-0.2, -0.15) is 4.98 Å². The van der Waals surface area contributed by atoms with Gasteiger partial charge in [-0.1, -0.05) is 0 Å². The maximum Gasteiger partial charge on any atom is 0.258 e. The van der Waals surface area contributed by atoms with Crippen molar-refractivity contribution in [3.8, 4) is 5.88 Å². The number of anilines is 3. The highest BCUT2D eigenvalue weighted by Gasteiger charge is 2.10. The van der Waals surface area contributed by atoms with Crippen molar-refractivity contribution < 1.29 is 9.53 Å². The van der Waals surface area contributed by atoms with Crippen LogP contribution in [0.5, 0.6) is 5.88 Å². The van der Waals surface area contributed by atoms with E-state index in [-0.39, 0.29) is 5.95 Å². The minimum atomic E-state index is -0.392. The molecule has 2 aromatic rings. The van der Waals surface area contributed by atoms with E-state index in [1.807, 2.05) is 0 Å². The maximum atomic E-state index is 12.1. The number of hydrogen-bond donors (Lipinski definition) is 3. The summed E-state index contributed by atoms with van der Waals surface area (Å²) in [6.07, 6.45) is 0. The lowest BCUT2D eigenvalue weighted by Crippen LogP contribution is -2.15. The first-order valence-corrected chi connectivity index (χ1v) is 5.85. The standard InChI is InChI=1S/C13H15N5O2/c1-7-3-11(20-2)17-13(16-7)18-12(19)8-4-9(14)6-10(15)5-8/h3-6H,14-15H2,1-2H3,(H,16,17,18,19). The average molecular weight is 273 g/mol. The summed E-state index contributed by atoms with van der Waals surface area (Å²) in [6, 6.07) is 6.29. The predicted molar refractivity (Wildman–Crippen MR) is 76.5 cm³/mol. The van der Waals surface area contributed by atoms with Gasteiger partial charge in [0.25, 0.3) is 5.91 Å². The summed E-state index contributed by atoms with van der Waals surface area (Å²) >= 11 is 0. The van der Waals surface area contributed by atoms with Crippen LogP contribution >= 0.6 is 0 Å². The van der Waals surface area contributed by atoms with Crippen LogP contribution in [0, 0.1) is 6.92 Å². The van der Waals surface area contributed by atoms with Gasteiger partial charge in [-0.05, 0) is 25.1 Å². The summed E-state index contributed by atoms with van der Waals surface area (Å²) < 4.78 is 5.02. The number of aromatic nitrogens is 2. The quantitative estimate of drug-likeness (QED) is 0.724. The molecule has 0 aliphatic carbocycles. The second-order valence-corrected chi connectivity index (χ2v) is 4.22. The van der Waals surface area contributed by atoms with Crippen molar-refractivity contribution in [1.82, 2.24) is 9.97 Å². The van der Waals surface area contributed by atoms with Crippen molar-refractivity contribution in [3.63, 3.8) is 0 Å². The zero-order chi connectivity index (χ0) is 14.7. The summed E-state index contributed by atoms with van der Waals surface area (Å²) in [5.41, 5.74) is 13.1. The Morgan fingerprint density at radius 3 is 2.40 bits per heavy atom. The second kappa shape index (κ2) is 5.43. The minimum Gasteiger partial charge on any atom is -0.481 e. The first kappa shape index (κ1) is 13.6. The molecular formula is C13H15N5O2. The maximum absolute atomic E-state index is 12.1. The number of nitrogens with two attached hydrogens (primary N) is 2. The SMILES string of the molecule is COc1cc(C)nc(NC(=O)c2cc(N)cc(N)c2)n1. The van der Waals surface area contributed by atoms with Crippen molar-refractivity contribution in [2.24, 2.45) is 0 Å². The summed E-state index contributed by atoms with van der Waals surface area (Å²) in [6.45, 7) is 1.78. The third-order valence-corrected chi connectivity index (χ3v) is 2.51. The molecular weight excluding hydrogens is 258 g/mol. The lowest BCUT2D eigenvalue weighted by atomic mass is 10.1. The van der Waals surface area contributed by atoms with Crippen molar-refractivity contribution >= 4 is 23.2 Å². The number of nitrogens with one attached hydrogen (secondary N) is 1. The van der Waals surface area contributed by atoms with Crippen LogP contribution in [0.2, 0.25) is 0 Å². The molecule has 1 aromatic heterocycles. The van der Waals surface area contributed by atoms with Crippen molar-refractivity contribution in [3.05, 3.63) is 35.5 Å². The Bertz CT molecular complexity index is 637. The molecule has 0 unspecified atom stereocenters. The van der Waals surface area contributed by atoms with E-state index in [1.165, 1.54) is 19.2 Å². The van der Waals surface area contributed by atoms with Gasteiger partial charge < -0.3 is 16.2 Å². The van der Waals surface area contributed by atoms with E-state index in [9.17, 15) is 4.79 Å². The second-order valence-electron chi connectivity index (χ2n) is 4.22. The van der Waals surface area contributed by atoms with Gasteiger partial charge in [0.05, 0.1) is 7.11 Å². The Morgan fingerprint density at radius 2 is 1.80 bits per heavy atom. The van der Waals surface area contributed by atoms with E-state index in [0.717, 1.165) is 0 Å². The molecule has 20 heavy (non-hydrogen) atoms. The predicted octanol–water partition coefficient (Wildman–Crippen LogP) is 1.21. The van der Waals surface area contributed by atoms with Crippen LogP contribution < -0.4 is 21.5 Å². The number of amides is 1. The minimum absolute atomic E-state index is 0.160. The molecule has 0 saturated heterocycles. The Morgan fingerprint density at radius 1 is 1.15 bits per heavy atom. The topological polar surface area (TPSA) is 116 Å². The van der Waals surface area contributed by atoms with Gasteiger partial charge in [-0.15, -0.1) is 0 Å². The fraction of sp³-hybridized carbons (Fsp3) is 0.154. The number of ether oxygens (including phenoxy) is 1. The average Bonchev–Trinajstić information content (AvgIpc) is 2.36. The monoisotopic (exact) mass is 273 g/mol. The highest BCUT2D eigenvalue weighted by Crippen LogP contribution is 2.16. The third kappa shape index (κ3) is 3.14. The molecule has 104 valence electrons. The summed E-state index contributed by atoms with van der Waals surface area (Å²) in [5, 5.41) is 2.58. The van der Waals surface area contributed by atoms with Crippen LogP contribution in [0.1, 0.15) is 16.1 Å². The molecule has 5 N–H and O–H groups in total. The van der Waals surface area contributed by atoms with E-state index in [0.29, 0.717) is 28.5 Å². The molecule has 0 aliphatic heterocycles. The van der Waals surface area contributed by atoms with Crippen LogP contribution in [-0.4, -0.2) is 23.0 Å². The van der Waals surface area contributed by atoms with Crippen molar-refractivity contribution in [2.45, 2.75) is 6.92 Å². The number of aryl methyl sites for hydroxylation is 1. The molecule has 7 nitrogen and oxygen atoms in total. The molecule has 1 amide bonds. The number of hydrogen-bond acceptors (Lipinski definition) is 6. The smallest absolute Gasteiger partial charge is 0.258 e. The first-order valence-electron chi connectivity index (χ1n) is 5.85. The van der Waals surface area contributed by atoms with Gasteiger partial charge in [-0.3, -0.25) is 10.1 Å². The highest BCUT2D eigenvalue weighted by molar-refractivity contribution is 6.04. The van der Waals surface area contributed by atoms with E-state index in [4.69, 9.17) is 16.2 Å². The Balaban J connectivity index is 2.25. The molecule has 0 spiro atoms. The number of nitrogens with zero attached hydrogens (tertiary/aromatic N) is 2. The molecule has 0 fully saturated rings. The van der Waals surface area contributed by atoms with Gasteiger partial charge in [0, 0.05) is 28.7 Å².